The molecule has 2 aliphatic rings. The Morgan fingerprint density at radius 2 is 1.90 bits per heavy atom. The van der Waals surface area contributed by atoms with Crippen LogP contribution in [0.3, 0.4) is 0 Å². The molecule has 0 aromatic heterocycles. The monoisotopic (exact) mass is 427 g/mol. The first-order valence-electron chi connectivity index (χ1n) is 10.4. The second-order valence-corrected chi connectivity index (χ2v) is 8.65. The van der Waals surface area contributed by atoms with Crippen molar-refractivity contribution in [3.8, 4) is 11.5 Å². The van der Waals surface area contributed by atoms with Crippen molar-refractivity contribution in [2.45, 2.75) is 53.4 Å². The highest BCUT2D eigenvalue weighted by Crippen LogP contribution is 2.47. The number of Topliss-reactive ketones (excluding diaryl/α,β-unsaturated/α-hetero) is 1. The summed E-state index contributed by atoms with van der Waals surface area (Å²) in [6, 6.07) is 5.08. The summed E-state index contributed by atoms with van der Waals surface area (Å²) in [6.45, 7) is 9.22. The van der Waals surface area contributed by atoms with Gasteiger partial charge in [0.2, 0.25) is 0 Å². The van der Waals surface area contributed by atoms with Gasteiger partial charge in [-0.05, 0) is 43.4 Å². The van der Waals surface area contributed by atoms with E-state index in [-0.39, 0.29) is 23.6 Å². The van der Waals surface area contributed by atoms with Gasteiger partial charge in [0.05, 0.1) is 19.3 Å². The van der Waals surface area contributed by atoms with E-state index in [0.29, 0.717) is 41.0 Å². The SMILES string of the molecule is CCOC(=O)C1=C(C)NC2=C(C(=O)CC(C)(C)C2)C1c1ccc(OC(C)=O)c(OC)c1. The molecule has 1 N–H and O–H groups in total. The molecule has 0 saturated carbocycles. The van der Waals surface area contributed by atoms with Gasteiger partial charge < -0.3 is 19.5 Å². The molecule has 1 aliphatic heterocycles. The summed E-state index contributed by atoms with van der Waals surface area (Å²) in [6.07, 6.45) is 1.09. The molecule has 0 radical (unpaired) electrons. The zero-order chi connectivity index (χ0) is 22.9. The van der Waals surface area contributed by atoms with Crippen LogP contribution in [-0.4, -0.2) is 31.4 Å². The Labute approximate surface area is 182 Å². The van der Waals surface area contributed by atoms with Gasteiger partial charge in [0.1, 0.15) is 0 Å². The molecular formula is C24H29NO6. The van der Waals surface area contributed by atoms with Gasteiger partial charge in [-0.25, -0.2) is 4.79 Å². The van der Waals surface area contributed by atoms with Crippen LogP contribution in [0.1, 0.15) is 58.9 Å². The van der Waals surface area contributed by atoms with Crippen LogP contribution in [0, 0.1) is 5.41 Å². The Balaban J connectivity index is 2.19. The number of carbonyl (C=O) groups excluding carboxylic acids is 3. The van der Waals surface area contributed by atoms with Crippen molar-refractivity contribution in [1.29, 1.82) is 0 Å². The zero-order valence-corrected chi connectivity index (χ0v) is 18.9. The van der Waals surface area contributed by atoms with Crippen molar-refractivity contribution in [1.82, 2.24) is 5.32 Å². The summed E-state index contributed by atoms with van der Waals surface area (Å²) < 4.78 is 15.9. The van der Waals surface area contributed by atoms with E-state index in [4.69, 9.17) is 14.2 Å². The molecule has 7 heteroatoms. The van der Waals surface area contributed by atoms with E-state index in [9.17, 15) is 14.4 Å². The molecule has 3 rings (SSSR count). The Morgan fingerprint density at radius 3 is 2.52 bits per heavy atom. The molecule has 31 heavy (non-hydrogen) atoms. The zero-order valence-electron chi connectivity index (χ0n) is 18.9. The van der Waals surface area contributed by atoms with Crippen molar-refractivity contribution in [2.24, 2.45) is 5.41 Å². The highest BCUT2D eigenvalue weighted by atomic mass is 16.6. The molecule has 1 unspecified atom stereocenters. The number of dihydropyridines is 1. The Bertz CT molecular complexity index is 1000. The van der Waals surface area contributed by atoms with E-state index in [0.717, 1.165) is 5.70 Å². The second kappa shape index (κ2) is 8.57. The predicted molar refractivity (Wildman–Crippen MR) is 115 cm³/mol. The molecule has 0 amide bonds. The van der Waals surface area contributed by atoms with Crippen molar-refractivity contribution in [3.05, 3.63) is 46.3 Å². The summed E-state index contributed by atoms with van der Waals surface area (Å²) in [5.74, 6) is -0.912. The van der Waals surface area contributed by atoms with Gasteiger partial charge >= 0.3 is 11.9 Å². The van der Waals surface area contributed by atoms with Crippen LogP contribution in [-0.2, 0) is 19.1 Å². The Morgan fingerprint density at radius 1 is 1.19 bits per heavy atom. The minimum absolute atomic E-state index is 0.000998. The van der Waals surface area contributed by atoms with Gasteiger partial charge in [0.15, 0.2) is 17.3 Å². The van der Waals surface area contributed by atoms with Crippen LogP contribution >= 0.6 is 0 Å². The number of benzene rings is 1. The third-order valence-electron chi connectivity index (χ3n) is 5.51. The molecule has 0 bridgehead atoms. The Hall–Kier alpha value is -3.09. The number of allylic oxidation sites excluding steroid dienone is 3. The molecule has 1 heterocycles. The lowest BCUT2D eigenvalue weighted by molar-refractivity contribution is -0.139. The normalized spacial score (nSPS) is 20.1. The number of methoxy groups -OCH3 is 1. The van der Waals surface area contributed by atoms with E-state index < -0.39 is 17.9 Å². The maximum Gasteiger partial charge on any atom is 0.336 e. The summed E-state index contributed by atoms with van der Waals surface area (Å²) in [5, 5.41) is 3.30. The van der Waals surface area contributed by atoms with Crippen LogP contribution in [0.4, 0.5) is 0 Å². The van der Waals surface area contributed by atoms with Gasteiger partial charge in [0, 0.05) is 36.2 Å². The number of hydrogen-bond donors (Lipinski definition) is 1. The fourth-order valence-corrected chi connectivity index (χ4v) is 4.35. The summed E-state index contributed by atoms with van der Waals surface area (Å²) in [7, 11) is 1.47. The molecule has 1 aromatic carbocycles. The lowest BCUT2D eigenvalue weighted by Gasteiger charge is -2.39. The van der Waals surface area contributed by atoms with Crippen LogP contribution < -0.4 is 14.8 Å². The second-order valence-electron chi connectivity index (χ2n) is 8.65. The third kappa shape index (κ3) is 4.50. The van der Waals surface area contributed by atoms with Crippen molar-refractivity contribution >= 4 is 17.7 Å². The van der Waals surface area contributed by atoms with Crippen molar-refractivity contribution in [3.63, 3.8) is 0 Å². The quantitative estimate of drug-likeness (QED) is 0.565. The fraction of sp³-hybridized carbons (Fsp3) is 0.458. The number of hydrogen-bond acceptors (Lipinski definition) is 7. The molecule has 1 atom stereocenters. The fourth-order valence-electron chi connectivity index (χ4n) is 4.35. The average Bonchev–Trinajstić information content (AvgIpc) is 2.65. The molecule has 7 nitrogen and oxygen atoms in total. The molecule has 1 aromatic rings. The first kappa shape index (κ1) is 22.6. The van der Waals surface area contributed by atoms with E-state index >= 15 is 0 Å². The smallest absolute Gasteiger partial charge is 0.336 e. The van der Waals surface area contributed by atoms with Crippen LogP contribution in [0.15, 0.2) is 40.7 Å². The number of rotatable bonds is 5. The standard InChI is InChI=1S/C24H29NO6/c1-7-30-23(28)20-13(2)25-16-11-24(4,5)12-17(27)22(16)21(20)15-8-9-18(31-14(3)26)19(10-15)29-6/h8-10,21,25H,7,11-12H2,1-6H3. The largest absolute Gasteiger partial charge is 0.493 e. The van der Waals surface area contributed by atoms with Crippen molar-refractivity contribution in [2.75, 3.05) is 13.7 Å². The van der Waals surface area contributed by atoms with Gasteiger partial charge in [-0.2, -0.15) is 0 Å². The first-order chi connectivity index (χ1) is 14.6. The molecule has 0 spiro atoms. The highest BCUT2D eigenvalue weighted by molar-refractivity contribution is 6.04. The van der Waals surface area contributed by atoms with Crippen molar-refractivity contribution < 1.29 is 28.6 Å². The summed E-state index contributed by atoms with van der Waals surface area (Å²) in [5.41, 5.74) is 2.99. The van der Waals surface area contributed by atoms with E-state index in [2.05, 4.69) is 19.2 Å². The molecule has 1 aliphatic carbocycles. The van der Waals surface area contributed by atoms with E-state index in [1.54, 1.807) is 25.1 Å². The number of ketones is 1. The van der Waals surface area contributed by atoms with Crippen LogP contribution in [0.25, 0.3) is 0 Å². The molecule has 166 valence electrons. The van der Waals surface area contributed by atoms with Gasteiger partial charge in [-0.15, -0.1) is 0 Å². The number of esters is 2. The molecule has 0 saturated heterocycles. The topological polar surface area (TPSA) is 90.9 Å². The van der Waals surface area contributed by atoms with Gasteiger partial charge in [-0.3, -0.25) is 9.59 Å². The van der Waals surface area contributed by atoms with Gasteiger partial charge in [0.25, 0.3) is 0 Å². The summed E-state index contributed by atoms with van der Waals surface area (Å²) in [4.78, 5) is 37.6. The number of ether oxygens (including phenoxy) is 3. The molecular weight excluding hydrogens is 398 g/mol. The molecule has 0 fully saturated rings. The average molecular weight is 427 g/mol. The maximum absolute atomic E-state index is 13.3. The minimum atomic E-state index is -0.598. The lowest BCUT2D eigenvalue weighted by Crippen LogP contribution is -2.38. The number of carbonyl (C=O) groups is 3. The predicted octanol–water partition coefficient (Wildman–Crippen LogP) is 3.79. The number of nitrogens with one attached hydrogen (secondary N) is 1. The summed E-state index contributed by atoms with van der Waals surface area (Å²) >= 11 is 0. The van der Waals surface area contributed by atoms with E-state index in [1.807, 2.05) is 6.92 Å². The highest BCUT2D eigenvalue weighted by Gasteiger charge is 2.43. The minimum Gasteiger partial charge on any atom is -0.493 e. The van der Waals surface area contributed by atoms with Crippen LogP contribution in [0.2, 0.25) is 0 Å². The third-order valence-corrected chi connectivity index (χ3v) is 5.51. The first-order valence-corrected chi connectivity index (χ1v) is 10.4. The Kier molecular flexibility index (Phi) is 6.25. The maximum atomic E-state index is 13.3. The van der Waals surface area contributed by atoms with Crippen LogP contribution in [0.5, 0.6) is 11.5 Å². The van der Waals surface area contributed by atoms with E-state index in [1.165, 1.54) is 14.0 Å². The lowest BCUT2D eigenvalue weighted by atomic mass is 9.68. The van der Waals surface area contributed by atoms with Gasteiger partial charge in [-0.1, -0.05) is 19.9 Å².